The van der Waals surface area contributed by atoms with Gasteiger partial charge in [-0.2, -0.15) is 0 Å². The second-order valence-electron chi connectivity index (χ2n) is 12.2. The molecule has 2 nitrogen and oxygen atoms in total. The molecule has 0 amide bonds. The van der Waals surface area contributed by atoms with Crippen molar-refractivity contribution >= 4 is 43.4 Å². The van der Waals surface area contributed by atoms with E-state index in [1.807, 2.05) is 0 Å². The summed E-state index contributed by atoms with van der Waals surface area (Å²) < 4.78 is 2.37. The Morgan fingerprint density at radius 3 is 1.91 bits per heavy atom. The summed E-state index contributed by atoms with van der Waals surface area (Å²) in [4.78, 5) is 5.07. The molecular formula is C45H32N2. The summed E-state index contributed by atoms with van der Waals surface area (Å²) in [5.74, 6) is 1.06. The monoisotopic (exact) mass is 600 g/mol. The number of hydrogen-bond acceptors (Lipinski definition) is 1. The van der Waals surface area contributed by atoms with Gasteiger partial charge in [0.15, 0.2) is 0 Å². The lowest BCUT2D eigenvalue weighted by molar-refractivity contribution is 0.909. The van der Waals surface area contributed by atoms with Crippen molar-refractivity contribution in [2.45, 2.75) is 13.3 Å². The van der Waals surface area contributed by atoms with Gasteiger partial charge in [0, 0.05) is 12.0 Å². The van der Waals surface area contributed by atoms with Gasteiger partial charge in [0.1, 0.15) is 5.82 Å². The zero-order valence-corrected chi connectivity index (χ0v) is 26.2. The van der Waals surface area contributed by atoms with E-state index in [1.54, 1.807) is 0 Å². The average molecular weight is 601 g/mol. The third-order valence-electron chi connectivity index (χ3n) is 9.55. The normalized spacial score (nSPS) is 11.6. The maximum atomic E-state index is 5.07. The Morgan fingerprint density at radius 2 is 1.09 bits per heavy atom. The first-order valence-corrected chi connectivity index (χ1v) is 16.4. The Morgan fingerprint density at radius 1 is 0.468 bits per heavy atom. The standard InChI is InChI=1S/C45H32N2/c1-2-43-46-40-24-11-13-26-42(40)47(43)41-25-12-10-22-38(41)45-36-21-9-8-20-35(36)44(34-23-14-18-31-17-6-7-19-33(31)34)37-28-27-32(29-39(37)45)30-15-4-3-5-16-30/h3-29H,2H2,1H3. The van der Waals surface area contributed by atoms with Crippen molar-refractivity contribution in [3.05, 3.63) is 170 Å². The van der Waals surface area contributed by atoms with Gasteiger partial charge in [-0.3, -0.25) is 4.57 Å². The molecule has 9 rings (SSSR count). The average Bonchev–Trinajstić information content (AvgIpc) is 3.52. The minimum Gasteiger partial charge on any atom is -0.296 e. The Labute approximate surface area is 274 Å². The Bertz CT molecular complexity index is 2600. The first-order chi connectivity index (χ1) is 23.3. The van der Waals surface area contributed by atoms with E-state index in [0.29, 0.717) is 0 Å². The lowest BCUT2D eigenvalue weighted by Gasteiger charge is -2.22. The van der Waals surface area contributed by atoms with Crippen LogP contribution in [0.2, 0.25) is 0 Å². The maximum Gasteiger partial charge on any atom is 0.114 e. The molecule has 0 radical (unpaired) electrons. The van der Waals surface area contributed by atoms with Crippen molar-refractivity contribution < 1.29 is 0 Å². The molecular weight excluding hydrogens is 569 g/mol. The van der Waals surface area contributed by atoms with Gasteiger partial charge in [0.05, 0.1) is 16.7 Å². The van der Waals surface area contributed by atoms with Crippen LogP contribution in [-0.2, 0) is 6.42 Å². The topological polar surface area (TPSA) is 17.8 Å². The van der Waals surface area contributed by atoms with E-state index >= 15 is 0 Å². The molecule has 1 heterocycles. The van der Waals surface area contributed by atoms with E-state index in [9.17, 15) is 0 Å². The first kappa shape index (κ1) is 27.3. The van der Waals surface area contributed by atoms with Crippen molar-refractivity contribution in [1.29, 1.82) is 0 Å². The van der Waals surface area contributed by atoms with Crippen LogP contribution in [0, 0.1) is 0 Å². The van der Waals surface area contributed by atoms with Crippen molar-refractivity contribution in [2.75, 3.05) is 0 Å². The maximum absolute atomic E-state index is 5.07. The van der Waals surface area contributed by atoms with Crippen LogP contribution in [0.15, 0.2) is 164 Å². The molecule has 0 aliphatic rings. The van der Waals surface area contributed by atoms with Crippen molar-refractivity contribution in [2.24, 2.45) is 0 Å². The van der Waals surface area contributed by atoms with Gasteiger partial charge < -0.3 is 0 Å². The first-order valence-electron chi connectivity index (χ1n) is 16.4. The van der Waals surface area contributed by atoms with Gasteiger partial charge in [-0.1, -0.05) is 146 Å². The van der Waals surface area contributed by atoms with Gasteiger partial charge in [0.25, 0.3) is 0 Å². The molecule has 0 fully saturated rings. The zero-order valence-electron chi connectivity index (χ0n) is 26.2. The molecule has 9 aromatic rings. The van der Waals surface area contributed by atoms with E-state index in [1.165, 1.54) is 65.7 Å². The number of para-hydroxylation sites is 3. The van der Waals surface area contributed by atoms with Crippen LogP contribution in [0.1, 0.15) is 12.7 Å². The molecule has 222 valence electrons. The second-order valence-corrected chi connectivity index (χ2v) is 12.2. The molecule has 0 N–H and O–H groups in total. The Balaban J connectivity index is 1.45. The number of aromatic nitrogens is 2. The minimum absolute atomic E-state index is 0.836. The molecule has 1 aromatic heterocycles. The van der Waals surface area contributed by atoms with Gasteiger partial charge in [-0.25, -0.2) is 4.98 Å². The second kappa shape index (κ2) is 11.1. The summed E-state index contributed by atoms with van der Waals surface area (Å²) in [7, 11) is 0. The van der Waals surface area contributed by atoms with E-state index in [2.05, 4.69) is 175 Å². The van der Waals surface area contributed by atoms with E-state index in [-0.39, 0.29) is 0 Å². The summed E-state index contributed by atoms with van der Waals surface area (Å²) in [5.41, 5.74) is 10.7. The minimum atomic E-state index is 0.836. The molecule has 0 spiro atoms. The predicted octanol–water partition coefficient (Wildman–Crippen LogP) is 12.0. The predicted molar refractivity (Wildman–Crippen MR) is 199 cm³/mol. The van der Waals surface area contributed by atoms with Crippen LogP contribution < -0.4 is 0 Å². The number of imidazole rings is 1. The van der Waals surface area contributed by atoms with Gasteiger partial charge in [-0.05, 0) is 84.4 Å². The fourth-order valence-corrected chi connectivity index (χ4v) is 7.47. The third-order valence-corrected chi connectivity index (χ3v) is 9.55. The van der Waals surface area contributed by atoms with Crippen LogP contribution in [0.25, 0.3) is 82.4 Å². The van der Waals surface area contributed by atoms with Crippen molar-refractivity contribution in [1.82, 2.24) is 9.55 Å². The van der Waals surface area contributed by atoms with Crippen molar-refractivity contribution in [3.8, 4) is 39.1 Å². The van der Waals surface area contributed by atoms with E-state index in [0.717, 1.165) is 29.0 Å². The summed E-state index contributed by atoms with van der Waals surface area (Å²) >= 11 is 0. The Kier molecular flexibility index (Phi) is 6.46. The number of nitrogens with zero attached hydrogens (tertiary/aromatic N) is 2. The van der Waals surface area contributed by atoms with Gasteiger partial charge in [-0.15, -0.1) is 0 Å². The van der Waals surface area contributed by atoms with Crippen LogP contribution in [0.5, 0.6) is 0 Å². The molecule has 0 bridgehead atoms. The number of benzene rings is 8. The van der Waals surface area contributed by atoms with E-state index in [4.69, 9.17) is 4.98 Å². The molecule has 2 heteroatoms. The third kappa shape index (κ3) is 4.37. The lowest BCUT2D eigenvalue weighted by atomic mass is 9.83. The molecule has 0 aliphatic carbocycles. The summed E-state index contributed by atoms with van der Waals surface area (Å²) in [6.07, 6.45) is 0.836. The molecule has 47 heavy (non-hydrogen) atoms. The van der Waals surface area contributed by atoms with Crippen LogP contribution >= 0.6 is 0 Å². The molecule has 0 unspecified atom stereocenters. The molecule has 8 aromatic carbocycles. The lowest BCUT2D eigenvalue weighted by Crippen LogP contribution is -2.03. The van der Waals surface area contributed by atoms with Crippen LogP contribution in [0.3, 0.4) is 0 Å². The molecule has 0 aliphatic heterocycles. The SMILES string of the molecule is CCc1nc2ccccc2n1-c1ccccc1-c1c2ccccc2c(-c2cccc3ccccc23)c2ccc(-c3ccccc3)cc12. The zero-order chi connectivity index (χ0) is 31.3. The van der Waals surface area contributed by atoms with Gasteiger partial charge in [0.2, 0.25) is 0 Å². The quantitative estimate of drug-likeness (QED) is 0.180. The highest BCUT2D eigenvalue weighted by atomic mass is 15.1. The van der Waals surface area contributed by atoms with Crippen LogP contribution in [-0.4, -0.2) is 9.55 Å². The Hall–Kier alpha value is -5.99. The van der Waals surface area contributed by atoms with Crippen LogP contribution in [0.4, 0.5) is 0 Å². The molecule has 0 saturated heterocycles. The fraction of sp³-hybridized carbons (Fsp3) is 0.0444. The smallest absolute Gasteiger partial charge is 0.114 e. The molecule has 0 saturated carbocycles. The largest absolute Gasteiger partial charge is 0.296 e. The van der Waals surface area contributed by atoms with E-state index < -0.39 is 0 Å². The summed E-state index contributed by atoms with van der Waals surface area (Å²) in [6.45, 7) is 2.19. The highest BCUT2D eigenvalue weighted by molar-refractivity contribution is 6.24. The summed E-state index contributed by atoms with van der Waals surface area (Å²) in [5, 5.41) is 7.48. The number of fused-ring (bicyclic) bond motifs is 4. The highest BCUT2D eigenvalue weighted by Gasteiger charge is 2.22. The summed E-state index contributed by atoms with van der Waals surface area (Å²) in [6, 6.07) is 59.5. The number of hydrogen-bond donors (Lipinski definition) is 0. The highest BCUT2D eigenvalue weighted by Crippen LogP contribution is 2.47. The molecule has 0 atom stereocenters. The van der Waals surface area contributed by atoms with Gasteiger partial charge >= 0.3 is 0 Å². The fourth-order valence-electron chi connectivity index (χ4n) is 7.47. The number of rotatable bonds is 5. The van der Waals surface area contributed by atoms with Crippen molar-refractivity contribution in [3.63, 3.8) is 0 Å². The number of aryl methyl sites for hydroxylation is 1.